The average Bonchev–Trinajstić information content (AvgIpc) is 3.19. The maximum Gasteiger partial charge on any atom is 0.410 e. The number of hydrogen-bond acceptors (Lipinski definition) is 6. The van der Waals surface area contributed by atoms with Crippen molar-refractivity contribution in [3.05, 3.63) is 0 Å². The van der Waals surface area contributed by atoms with E-state index < -0.39 is 11.2 Å². The topological polar surface area (TPSA) is 99.5 Å². The molecule has 0 unspecified atom stereocenters. The Morgan fingerprint density at radius 3 is 1.34 bits per heavy atom. The van der Waals surface area contributed by atoms with Crippen LogP contribution in [0.4, 0.5) is 9.59 Å². The van der Waals surface area contributed by atoms with Crippen LogP contribution in [-0.2, 0) is 9.47 Å². The predicted molar refractivity (Wildman–Crippen MR) is 120 cm³/mol. The Balaban J connectivity index is 0.000000181. The maximum absolute atomic E-state index is 11.9. The van der Waals surface area contributed by atoms with Gasteiger partial charge in [0, 0.05) is 13.1 Å². The predicted octanol–water partition coefficient (Wildman–Crippen LogP) is 3.53. The van der Waals surface area contributed by atoms with Crippen molar-refractivity contribution < 1.29 is 29.3 Å². The molecule has 4 bridgehead atoms. The van der Waals surface area contributed by atoms with Gasteiger partial charge in [-0.15, -0.1) is 0 Å². The van der Waals surface area contributed by atoms with Crippen molar-refractivity contribution in [1.82, 2.24) is 9.80 Å². The monoisotopic (exact) mass is 454 g/mol. The highest BCUT2D eigenvalue weighted by molar-refractivity contribution is 5.69. The molecule has 2 aliphatic heterocycles. The van der Waals surface area contributed by atoms with Gasteiger partial charge in [0.25, 0.3) is 0 Å². The Kier molecular flexibility index (Phi) is 7.35. The molecule has 4 aliphatic rings. The molecule has 4 rings (SSSR count). The number of nitrogens with zero attached hydrogens (tertiary/aromatic N) is 2. The van der Waals surface area contributed by atoms with E-state index in [2.05, 4.69) is 0 Å². The summed E-state index contributed by atoms with van der Waals surface area (Å²) in [5.41, 5.74) is -0.919. The number of aliphatic hydroxyl groups excluding tert-OH is 2. The molecule has 2 saturated carbocycles. The number of hydrogen-bond donors (Lipinski definition) is 2. The van der Waals surface area contributed by atoms with Crippen LogP contribution in [0.25, 0.3) is 0 Å². The molecule has 8 nitrogen and oxygen atoms in total. The summed E-state index contributed by atoms with van der Waals surface area (Å²) in [7, 11) is 0. The number of ether oxygens (including phenoxy) is 2. The highest BCUT2D eigenvalue weighted by Gasteiger charge is 2.45. The normalized spacial score (nSPS) is 34.0. The molecule has 6 atom stereocenters. The fraction of sp³-hybridized carbons (Fsp3) is 0.917. The summed E-state index contributed by atoms with van der Waals surface area (Å²) in [4.78, 5) is 27.3. The molecule has 0 aromatic carbocycles. The van der Waals surface area contributed by atoms with Crippen LogP contribution >= 0.6 is 0 Å². The van der Waals surface area contributed by atoms with Crippen molar-refractivity contribution in [3.63, 3.8) is 0 Å². The van der Waals surface area contributed by atoms with Crippen molar-refractivity contribution in [2.75, 3.05) is 13.1 Å². The van der Waals surface area contributed by atoms with Crippen LogP contribution in [0.2, 0.25) is 0 Å². The molecule has 2 amide bonds. The summed E-state index contributed by atoms with van der Waals surface area (Å²) >= 11 is 0. The second kappa shape index (κ2) is 9.37. The maximum atomic E-state index is 11.9. The molecule has 0 spiro atoms. The fourth-order valence-electron chi connectivity index (χ4n) is 5.32. The number of likely N-dealkylation sites (tertiary alicyclic amines) is 2. The second-order valence-corrected chi connectivity index (χ2v) is 11.9. The van der Waals surface area contributed by atoms with Crippen molar-refractivity contribution >= 4 is 12.2 Å². The molecule has 0 aromatic rings. The Morgan fingerprint density at radius 1 is 0.688 bits per heavy atom. The van der Waals surface area contributed by atoms with Crippen LogP contribution in [0.3, 0.4) is 0 Å². The van der Waals surface area contributed by atoms with Gasteiger partial charge in [0.15, 0.2) is 0 Å². The number of amides is 2. The summed E-state index contributed by atoms with van der Waals surface area (Å²) in [5, 5.41) is 19.7. The summed E-state index contributed by atoms with van der Waals surface area (Å²) in [6, 6.07) is -0.0396. The molecule has 2 heterocycles. The van der Waals surface area contributed by atoms with E-state index in [1.165, 1.54) is 0 Å². The van der Waals surface area contributed by atoms with Crippen LogP contribution in [0.1, 0.15) is 80.1 Å². The zero-order valence-corrected chi connectivity index (χ0v) is 20.5. The van der Waals surface area contributed by atoms with Gasteiger partial charge >= 0.3 is 12.2 Å². The van der Waals surface area contributed by atoms with Crippen LogP contribution in [0.15, 0.2) is 0 Å². The first-order valence-electron chi connectivity index (χ1n) is 12.1. The fourth-order valence-corrected chi connectivity index (χ4v) is 5.32. The molecular formula is C24H42N2O6. The van der Waals surface area contributed by atoms with E-state index >= 15 is 0 Å². The molecule has 0 aromatic heterocycles. The van der Waals surface area contributed by atoms with Gasteiger partial charge in [-0.25, -0.2) is 9.59 Å². The lowest BCUT2D eigenvalue weighted by molar-refractivity contribution is 0.00401. The van der Waals surface area contributed by atoms with E-state index in [-0.39, 0.29) is 36.5 Å². The van der Waals surface area contributed by atoms with Gasteiger partial charge < -0.3 is 29.5 Å². The Labute approximate surface area is 192 Å². The number of rotatable bonds is 0. The minimum atomic E-state index is -0.460. The van der Waals surface area contributed by atoms with Gasteiger partial charge in [-0.3, -0.25) is 0 Å². The van der Waals surface area contributed by atoms with Crippen molar-refractivity contribution in [2.24, 2.45) is 11.8 Å². The zero-order valence-electron chi connectivity index (χ0n) is 20.5. The SMILES string of the molecule is CC(C)(C)OC(=O)N1C[C@@H]2CC[C@H](O)[C@H]1C2.CC(C)(C)OC(=O)N1C[C@H]2CC[C@@H](O)[C@@H]1C2. The van der Waals surface area contributed by atoms with E-state index in [1.54, 1.807) is 9.80 Å². The quantitative estimate of drug-likeness (QED) is 0.581. The van der Waals surface area contributed by atoms with Crippen LogP contribution < -0.4 is 0 Å². The van der Waals surface area contributed by atoms with E-state index in [0.717, 1.165) is 51.6 Å². The molecule has 4 fully saturated rings. The number of carbonyl (C=O) groups excluding carboxylic acids is 2. The first-order valence-corrected chi connectivity index (χ1v) is 12.1. The minimum absolute atomic E-state index is 0.0198. The first-order chi connectivity index (χ1) is 14.7. The van der Waals surface area contributed by atoms with E-state index in [0.29, 0.717) is 11.8 Å². The van der Waals surface area contributed by atoms with Gasteiger partial charge in [-0.05, 0) is 91.9 Å². The van der Waals surface area contributed by atoms with Gasteiger partial charge in [-0.1, -0.05) is 0 Å². The number of fused-ring (bicyclic) bond motifs is 4. The first kappa shape index (κ1) is 25.1. The van der Waals surface area contributed by atoms with Gasteiger partial charge in [0.1, 0.15) is 11.2 Å². The summed E-state index contributed by atoms with van der Waals surface area (Å²) in [6.45, 7) is 12.7. The van der Waals surface area contributed by atoms with Crippen LogP contribution in [0.5, 0.6) is 0 Å². The standard InChI is InChI=1S/2C12H21NO3/c2*1-12(2,3)16-11(15)13-7-8-4-5-10(14)9(13)6-8/h2*8-10,14H,4-7H2,1-3H3/t2*8-,9-,10+/m10/s1. The summed E-state index contributed by atoms with van der Waals surface area (Å²) in [5.74, 6) is 1.11. The van der Waals surface area contributed by atoms with Crippen molar-refractivity contribution in [3.8, 4) is 0 Å². The second-order valence-electron chi connectivity index (χ2n) is 11.9. The van der Waals surface area contributed by atoms with Gasteiger partial charge in [0.05, 0.1) is 24.3 Å². The van der Waals surface area contributed by atoms with Crippen molar-refractivity contribution in [2.45, 2.75) is 116 Å². The minimum Gasteiger partial charge on any atom is -0.444 e. The van der Waals surface area contributed by atoms with E-state index in [9.17, 15) is 19.8 Å². The average molecular weight is 455 g/mol. The molecule has 2 saturated heterocycles. The zero-order chi connectivity index (χ0) is 23.8. The molecule has 2 N–H and O–H groups in total. The Bertz CT molecular complexity index is 627. The lowest BCUT2D eigenvalue weighted by Gasteiger charge is -2.31. The van der Waals surface area contributed by atoms with Gasteiger partial charge in [0.2, 0.25) is 0 Å². The number of aliphatic hydroxyl groups is 2. The molecule has 184 valence electrons. The molecule has 0 radical (unpaired) electrons. The lowest BCUT2D eigenvalue weighted by atomic mass is 9.88. The van der Waals surface area contributed by atoms with E-state index in [1.807, 2.05) is 41.5 Å². The third-order valence-electron chi connectivity index (χ3n) is 6.75. The largest absolute Gasteiger partial charge is 0.444 e. The third kappa shape index (κ3) is 6.28. The Hall–Kier alpha value is -1.54. The highest BCUT2D eigenvalue weighted by Crippen LogP contribution is 2.37. The smallest absolute Gasteiger partial charge is 0.410 e. The summed E-state index contributed by atoms with van der Waals surface area (Å²) < 4.78 is 10.7. The Morgan fingerprint density at radius 2 is 1.03 bits per heavy atom. The van der Waals surface area contributed by atoms with E-state index in [4.69, 9.17) is 9.47 Å². The summed E-state index contributed by atoms with van der Waals surface area (Å²) in [6.07, 6.45) is 4.25. The lowest BCUT2D eigenvalue weighted by Crippen LogP contribution is -2.44. The third-order valence-corrected chi connectivity index (χ3v) is 6.75. The molecular weight excluding hydrogens is 412 g/mol. The van der Waals surface area contributed by atoms with Gasteiger partial charge in [-0.2, -0.15) is 0 Å². The van der Waals surface area contributed by atoms with Crippen molar-refractivity contribution in [1.29, 1.82) is 0 Å². The highest BCUT2D eigenvalue weighted by atomic mass is 16.6. The molecule has 2 aliphatic carbocycles. The van der Waals surface area contributed by atoms with Crippen LogP contribution in [-0.4, -0.2) is 80.8 Å². The number of carbonyl (C=O) groups is 2. The molecule has 8 heteroatoms. The molecule has 32 heavy (non-hydrogen) atoms. The van der Waals surface area contributed by atoms with Crippen LogP contribution in [0, 0.1) is 11.8 Å².